The van der Waals surface area contributed by atoms with Gasteiger partial charge in [0.15, 0.2) is 0 Å². The van der Waals surface area contributed by atoms with Crippen molar-refractivity contribution >= 4 is 46.4 Å². The van der Waals surface area contributed by atoms with E-state index in [-0.39, 0.29) is 11.8 Å². The van der Waals surface area contributed by atoms with E-state index in [2.05, 4.69) is 15.6 Å². The summed E-state index contributed by atoms with van der Waals surface area (Å²) in [6.45, 7) is 0. The summed E-state index contributed by atoms with van der Waals surface area (Å²) in [5.41, 5.74) is 0.793. The molecular formula is C15H13Cl2N3O2S. The standard InChI is InChI=1S/C15H13Cl2N3O2S/c16-9-3-8(4-10(17)6-9)5-11-14(21)20-12(15(22)19-11)7-13-18-1-2-23-13/h1-4,6,11-12H,5,7H2,(H,19,22)(H,20,21). The van der Waals surface area contributed by atoms with Crippen molar-refractivity contribution in [3.8, 4) is 0 Å². The van der Waals surface area contributed by atoms with Gasteiger partial charge < -0.3 is 10.6 Å². The summed E-state index contributed by atoms with van der Waals surface area (Å²) in [5.74, 6) is -0.430. The first-order valence-corrected chi connectivity index (χ1v) is 8.59. The van der Waals surface area contributed by atoms with E-state index in [0.29, 0.717) is 22.9 Å². The van der Waals surface area contributed by atoms with Gasteiger partial charge in [0.1, 0.15) is 12.1 Å². The minimum Gasteiger partial charge on any atom is -0.342 e. The molecule has 23 heavy (non-hydrogen) atoms. The highest BCUT2D eigenvalue weighted by Crippen LogP contribution is 2.20. The number of thiazole rings is 1. The predicted molar refractivity (Wildman–Crippen MR) is 89.8 cm³/mol. The molecule has 120 valence electrons. The first-order chi connectivity index (χ1) is 11.0. The van der Waals surface area contributed by atoms with E-state index in [4.69, 9.17) is 23.2 Å². The zero-order valence-corrected chi connectivity index (χ0v) is 14.2. The van der Waals surface area contributed by atoms with Crippen LogP contribution < -0.4 is 10.6 Å². The van der Waals surface area contributed by atoms with Crippen LogP contribution in [0.4, 0.5) is 0 Å². The molecule has 0 saturated carbocycles. The maximum Gasteiger partial charge on any atom is 0.243 e. The number of piperazine rings is 1. The molecule has 2 atom stereocenters. The van der Waals surface area contributed by atoms with Crippen LogP contribution in [0.2, 0.25) is 10.0 Å². The highest BCUT2D eigenvalue weighted by Gasteiger charge is 2.34. The quantitative estimate of drug-likeness (QED) is 0.867. The molecule has 2 N–H and O–H groups in total. The Kier molecular flexibility index (Phi) is 4.84. The second kappa shape index (κ2) is 6.86. The lowest BCUT2D eigenvalue weighted by molar-refractivity contribution is -0.136. The lowest BCUT2D eigenvalue weighted by Crippen LogP contribution is -2.62. The van der Waals surface area contributed by atoms with E-state index in [1.54, 1.807) is 24.4 Å². The predicted octanol–water partition coefficient (Wildman–Crippen LogP) is 2.22. The van der Waals surface area contributed by atoms with Gasteiger partial charge in [-0.15, -0.1) is 11.3 Å². The molecule has 2 amide bonds. The van der Waals surface area contributed by atoms with Gasteiger partial charge in [0.25, 0.3) is 0 Å². The van der Waals surface area contributed by atoms with Gasteiger partial charge in [-0.3, -0.25) is 9.59 Å². The van der Waals surface area contributed by atoms with Gasteiger partial charge in [-0.1, -0.05) is 23.2 Å². The van der Waals surface area contributed by atoms with Crippen LogP contribution in [-0.2, 0) is 22.4 Å². The van der Waals surface area contributed by atoms with Crippen molar-refractivity contribution < 1.29 is 9.59 Å². The third kappa shape index (κ3) is 4.02. The van der Waals surface area contributed by atoms with Gasteiger partial charge in [-0.25, -0.2) is 4.98 Å². The number of nitrogens with zero attached hydrogens (tertiary/aromatic N) is 1. The van der Waals surface area contributed by atoms with Gasteiger partial charge in [-0.05, 0) is 23.8 Å². The minimum absolute atomic E-state index is 0.210. The van der Waals surface area contributed by atoms with Crippen LogP contribution in [0.15, 0.2) is 29.8 Å². The number of hydrogen-bond donors (Lipinski definition) is 2. The van der Waals surface area contributed by atoms with E-state index in [1.165, 1.54) is 11.3 Å². The van der Waals surface area contributed by atoms with E-state index in [9.17, 15) is 9.59 Å². The Bertz CT molecular complexity index is 716. The molecule has 1 aliphatic heterocycles. The van der Waals surface area contributed by atoms with E-state index in [0.717, 1.165) is 10.6 Å². The molecule has 1 aromatic heterocycles. The number of rotatable bonds is 4. The van der Waals surface area contributed by atoms with Gasteiger partial charge in [0, 0.05) is 34.5 Å². The lowest BCUT2D eigenvalue weighted by atomic mass is 10.0. The zero-order chi connectivity index (χ0) is 16.4. The number of nitrogens with one attached hydrogen (secondary N) is 2. The summed E-state index contributed by atoms with van der Waals surface area (Å²) in [4.78, 5) is 28.6. The normalized spacial score (nSPS) is 21.0. The second-order valence-corrected chi connectivity index (χ2v) is 7.09. The van der Waals surface area contributed by atoms with Crippen LogP contribution in [-0.4, -0.2) is 28.9 Å². The van der Waals surface area contributed by atoms with Crippen molar-refractivity contribution in [3.63, 3.8) is 0 Å². The molecule has 1 fully saturated rings. The molecule has 0 spiro atoms. The van der Waals surface area contributed by atoms with Crippen molar-refractivity contribution in [2.45, 2.75) is 24.9 Å². The summed E-state index contributed by atoms with van der Waals surface area (Å²) in [7, 11) is 0. The summed E-state index contributed by atoms with van der Waals surface area (Å²) >= 11 is 13.4. The van der Waals surface area contributed by atoms with Crippen LogP contribution >= 0.6 is 34.5 Å². The molecule has 1 aromatic carbocycles. The first-order valence-electron chi connectivity index (χ1n) is 6.95. The van der Waals surface area contributed by atoms with Crippen LogP contribution in [0.25, 0.3) is 0 Å². The van der Waals surface area contributed by atoms with Crippen LogP contribution in [0.1, 0.15) is 10.6 Å². The maximum atomic E-state index is 12.2. The first kappa shape index (κ1) is 16.2. The van der Waals surface area contributed by atoms with Gasteiger partial charge in [-0.2, -0.15) is 0 Å². The van der Waals surface area contributed by atoms with E-state index >= 15 is 0 Å². The summed E-state index contributed by atoms with van der Waals surface area (Å²) in [6, 6.07) is 3.86. The molecule has 2 unspecified atom stereocenters. The summed E-state index contributed by atoms with van der Waals surface area (Å²) in [6.07, 6.45) is 2.40. The molecule has 1 saturated heterocycles. The Morgan fingerprint density at radius 1 is 1.00 bits per heavy atom. The zero-order valence-electron chi connectivity index (χ0n) is 11.9. The number of amides is 2. The molecule has 0 aliphatic carbocycles. The number of benzene rings is 1. The topological polar surface area (TPSA) is 71.1 Å². The van der Waals surface area contributed by atoms with Crippen LogP contribution in [0.3, 0.4) is 0 Å². The highest BCUT2D eigenvalue weighted by atomic mass is 35.5. The number of hydrogen-bond acceptors (Lipinski definition) is 4. The summed E-state index contributed by atoms with van der Waals surface area (Å²) in [5, 5.41) is 9.15. The fourth-order valence-corrected chi connectivity index (χ4v) is 3.69. The Balaban J connectivity index is 1.67. The monoisotopic (exact) mass is 369 g/mol. The molecule has 2 heterocycles. The molecule has 3 rings (SSSR count). The van der Waals surface area contributed by atoms with Crippen LogP contribution in [0, 0.1) is 0 Å². The van der Waals surface area contributed by atoms with Crippen molar-refractivity contribution in [2.24, 2.45) is 0 Å². The second-order valence-electron chi connectivity index (χ2n) is 5.23. The van der Waals surface area contributed by atoms with E-state index < -0.39 is 12.1 Å². The Labute approximate surface area is 147 Å². The molecule has 5 nitrogen and oxygen atoms in total. The van der Waals surface area contributed by atoms with E-state index in [1.807, 2.05) is 5.38 Å². The number of carbonyl (C=O) groups excluding carboxylic acids is 2. The molecule has 0 radical (unpaired) electrons. The largest absolute Gasteiger partial charge is 0.342 e. The van der Waals surface area contributed by atoms with Crippen molar-refractivity contribution in [3.05, 3.63) is 50.4 Å². The average Bonchev–Trinajstić information content (AvgIpc) is 2.96. The van der Waals surface area contributed by atoms with Gasteiger partial charge >= 0.3 is 0 Å². The molecular weight excluding hydrogens is 357 g/mol. The highest BCUT2D eigenvalue weighted by molar-refractivity contribution is 7.09. The number of carbonyl (C=O) groups is 2. The SMILES string of the molecule is O=C1NC(Cc2nccs2)C(=O)NC1Cc1cc(Cl)cc(Cl)c1. The number of halogens is 2. The van der Waals surface area contributed by atoms with Crippen molar-refractivity contribution in [1.82, 2.24) is 15.6 Å². The van der Waals surface area contributed by atoms with Gasteiger partial charge in [0.2, 0.25) is 11.8 Å². The Morgan fingerprint density at radius 3 is 2.17 bits per heavy atom. The fraction of sp³-hybridized carbons (Fsp3) is 0.267. The van der Waals surface area contributed by atoms with Gasteiger partial charge in [0.05, 0.1) is 5.01 Å². The Morgan fingerprint density at radius 2 is 1.61 bits per heavy atom. The molecule has 0 bridgehead atoms. The van der Waals surface area contributed by atoms with Crippen molar-refractivity contribution in [1.29, 1.82) is 0 Å². The smallest absolute Gasteiger partial charge is 0.243 e. The lowest BCUT2D eigenvalue weighted by Gasteiger charge is -2.29. The molecule has 8 heteroatoms. The van der Waals surface area contributed by atoms with Crippen LogP contribution in [0.5, 0.6) is 0 Å². The average molecular weight is 370 g/mol. The molecule has 1 aliphatic rings. The third-order valence-corrected chi connectivity index (χ3v) is 4.73. The van der Waals surface area contributed by atoms with Crippen molar-refractivity contribution in [2.75, 3.05) is 0 Å². The minimum atomic E-state index is -0.635. The maximum absolute atomic E-state index is 12.2. The fourth-order valence-electron chi connectivity index (χ4n) is 2.46. The molecule has 2 aromatic rings. The summed E-state index contributed by atoms with van der Waals surface area (Å²) < 4.78 is 0. The Hall–Kier alpha value is -1.63. The number of aromatic nitrogens is 1. The third-order valence-electron chi connectivity index (χ3n) is 3.49.